The highest BCUT2D eigenvalue weighted by Gasteiger charge is 2.21. The molecule has 0 aromatic heterocycles. The lowest BCUT2D eigenvalue weighted by Gasteiger charge is -2.25. The molecule has 30 heavy (non-hydrogen) atoms. The molecule has 0 aliphatic heterocycles. The molecule has 0 heterocycles. The fourth-order valence-corrected chi connectivity index (χ4v) is 2.75. The Morgan fingerprint density at radius 3 is 2.37 bits per heavy atom. The van der Waals surface area contributed by atoms with Crippen molar-refractivity contribution in [1.29, 1.82) is 0 Å². The molecule has 2 amide bonds. The first-order chi connectivity index (χ1) is 14.0. The Labute approximate surface area is 176 Å². The van der Waals surface area contributed by atoms with Gasteiger partial charge in [0.2, 0.25) is 0 Å². The summed E-state index contributed by atoms with van der Waals surface area (Å²) >= 11 is 0. The molecular formula is C22H27N3O5. The van der Waals surface area contributed by atoms with Crippen LogP contribution < -0.4 is 5.32 Å². The Kier molecular flexibility index (Phi) is 7.15. The number of benzene rings is 2. The Morgan fingerprint density at radius 2 is 1.80 bits per heavy atom. The molecule has 8 heteroatoms. The fourth-order valence-electron chi connectivity index (χ4n) is 2.75. The maximum atomic E-state index is 12.8. The molecule has 0 spiro atoms. The molecule has 1 atom stereocenters. The number of nitro benzene ring substituents is 1. The van der Waals surface area contributed by atoms with Gasteiger partial charge in [0.25, 0.3) is 11.6 Å². The van der Waals surface area contributed by atoms with Crippen molar-refractivity contribution < 1.29 is 19.2 Å². The van der Waals surface area contributed by atoms with Crippen LogP contribution in [0.25, 0.3) is 0 Å². The normalized spacial score (nSPS) is 12.0. The van der Waals surface area contributed by atoms with Gasteiger partial charge < -0.3 is 15.0 Å². The number of hydrogen-bond acceptors (Lipinski definition) is 5. The molecule has 0 saturated carbocycles. The summed E-state index contributed by atoms with van der Waals surface area (Å²) in [5.41, 5.74) is 1.41. The summed E-state index contributed by atoms with van der Waals surface area (Å²) in [6, 6.07) is 12.8. The number of nitrogens with one attached hydrogen (secondary N) is 1. The van der Waals surface area contributed by atoms with E-state index in [-0.39, 0.29) is 24.2 Å². The largest absolute Gasteiger partial charge is 0.444 e. The smallest absolute Gasteiger partial charge is 0.407 e. The van der Waals surface area contributed by atoms with Crippen molar-refractivity contribution in [3.63, 3.8) is 0 Å². The minimum atomic E-state index is -0.569. The number of nitro groups is 1. The number of non-ortho nitro benzene ring substituents is 1. The van der Waals surface area contributed by atoms with Gasteiger partial charge in [0.05, 0.1) is 11.0 Å². The standard InChI is InChI=1S/C22H27N3O5/c1-15(18-7-6-8-19(13-18)25(28)29)24(5)20(26)17-11-9-16(10-12-17)14-23-21(27)30-22(2,3)4/h6-13,15H,14H2,1-5H3,(H,23,27)/t15-/m0/s1. The summed E-state index contributed by atoms with van der Waals surface area (Å²) < 4.78 is 5.19. The second kappa shape index (κ2) is 9.39. The Morgan fingerprint density at radius 1 is 1.17 bits per heavy atom. The average molecular weight is 413 g/mol. The number of rotatable bonds is 6. The van der Waals surface area contributed by atoms with Crippen LogP contribution in [0.15, 0.2) is 48.5 Å². The minimum absolute atomic E-state index is 0.0120. The highest BCUT2D eigenvalue weighted by atomic mass is 16.6. The molecule has 0 radical (unpaired) electrons. The molecule has 0 aliphatic carbocycles. The second-order valence-electron chi connectivity index (χ2n) is 8.00. The van der Waals surface area contributed by atoms with Gasteiger partial charge >= 0.3 is 6.09 Å². The van der Waals surface area contributed by atoms with Gasteiger partial charge in [0, 0.05) is 31.3 Å². The monoisotopic (exact) mass is 413 g/mol. The van der Waals surface area contributed by atoms with E-state index in [0.29, 0.717) is 11.1 Å². The van der Waals surface area contributed by atoms with Crippen LogP contribution in [-0.4, -0.2) is 34.5 Å². The van der Waals surface area contributed by atoms with E-state index in [9.17, 15) is 19.7 Å². The molecule has 160 valence electrons. The summed E-state index contributed by atoms with van der Waals surface area (Å²) in [4.78, 5) is 36.6. The fraction of sp³-hybridized carbons (Fsp3) is 0.364. The van der Waals surface area contributed by atoms with Crippen LogP contribution in [0.2, 0.25) is 0 Å². The van der Waals surface area contributed by atoms with Crippen molar-refractivity contribution >= 4 is 17.7 Å². The quantitative estimate of drug-likeness (QED) is 0.557. The highest BCUT2D eigenvalue weighted by molar-refractivity contribution is 5.94. The lowest BCUT2D eigenvalue weighted by Crippen LogP contribution is -2.32. The van der Waals surface area contributed by atoms with Crippen LogP contribution in [0, 0.1) is 10.1 Å². The number of ether oxygens (including phenoxy) is 1. The molecule has 8 nitrogen and oxygen atoms in total. The number of alkyl carbamates (subject to hydrolysis) is 1. The van der Waals surface area contributed by atoms with E-state index < -0.39 is 16.6 Å². The van der Waals surface area contributed by atoms with Crippen molar-refractivity contribution in [3.05, 3.63) is 75.3 Å². The molecule has 2 aromatic rings. The van der Waals surface area contributed by atoms with Crippen LogP contribution in [0.5, 0.6) is 0 Å². The van der Waals surface area contributed by atoms with Crippen LogP contribution in [0.4, 0.5) is 10.5 Å². The summed E-state index contributed by atoms with van der Waals surface area (Å²) in [7, 11) is 1.66. The predicted octanol–water partition coefficient (Wildman–Crippen LogP) is 4.45. The van der Waals surface area contributed by atoms with Gasteiger partial charge in [-0.2, -0.15) is 0 Å². The summed E-state index contributed by atoms with van der Waals surface area (Å²) in [6.07, 6.45) is -0.506. The van der Waals surface area contributed by atoms with Gasteiger partial charge in [0.15, 0.2) is 0 Å². The Hall–Kier alpha value is -3.42. The first-order valence-corrected chi connectivity index (χ1v) is 9.55. The van der Waals surface area contributed by atoms with Crippen LogP contribution in [0.1, 0.15) is 55.2 Å². The molecule has 0 fully saturated rings. The second-order valence-corrected chi connectivity index (χ2v) is 8.00. The van der Waals surface area contributed by atoms with Gasteiger partial charge in [0.1, 0.15) is 5.60 Å². The molecule has 0 aliphatic rings. The van der Waals surface area contributed by atoms with E-state index in [1.165, 1.54) is 17.0 Å². The lowest BCUT2D eigenvalue weighted by atomic mass is 10.0. The van der Waals surface area contributed by atoms with Crippen LogP contribution >= 0.6 is 0 Å². The van der Waals surface area contributed by atoms with Crippen molar-refractivity contribution in [3.8, 4) is 0 Å². The molecular weight excluding hydrogens is 386 g/mol. The maximum Gasteiger partial charge on any atom is 0.407 e. The summed E-state index contributed by atoms with van der Waals surface area (Å²) in [5.74, 6) is -0.208. The predicted molar refractivity (Wildman–Crippen MR) is 113 cm³/mol. The van der Waals surface area contributed by atoms with E-state index in [2.05, 4.69) is 5.32 Å². The molecule has 2 aromatic carbocycles. The van der Waals surface area contributed by atoms with Gasteiger partial charge in [-0.15, -0.1) is 0 Å². The van der Waals surface area contributed by atoms with Crippen molar-refractivity contribution in [2.24, 2.45) is 0 Å². The van der Waals surface area contributed by atoms with Gasteiger partial charge in [-0.1, -0.05) is 24.3 Å². The van der Waals surface area contributed by atoms with Crippen molar-refractivity contribution in [2.45, 2.75) is 45.9 Å². The zero-order valence-electron chi connectivity index (χ0n) is 17.8. The third-order valence-electron chi connectivity index (χ3n) is 4.50. The number of hydrogen-bond donors (Lipinski definition) is 1. The highest BCUT2D eigenvalue weighted by Crippen LogP contribution is 2.24. The Bertz CT molecular complexity index is 919. The zero-order chi connectivity index (χ0) is 22.5. The molecule has 1 N–H and O–H groups in total. The average Bonchev–Trinajstić information content (AvgIpc) is 2.69. The van der Waals surface area contributed by atoms with Crippen molar-refractivity contribution in [1.82, 2.24) is 10.2 Å². The third kappa shape index (κ3) is 6.30. The SMILES string of the molecule is C[C@@H](c1cccc([N+](=O)[O-])c1)N(C)C(=O)c1ccc(CNC(=O)OC(C)(C)C)cc1. The van der Waals surface area contributed by atoms with Crippen LogP contribution in [-0.2, 0) is 11.3 Å². The topological polar surface area (TPSA) is 102 Å². The number of carbonyl (C=O) groups excluding carboxylic acids is 2. The van der Waals surface area contributed by atoms with Crippen LogP contribution in [0.3, 0.4) is 0 Å². The van der Waals surface area contributed by atoms with E-state index in [0.717, 1.165) is 5.56 Å². The first-order valence-electron chi connectivity index (χ1n) is 9.55. The van der Waals surface area contributed by atoms with Gasteiger partial charge in [-0.25, -0.2) is 4.79 Å². The Balaban J connectivity index is 2.02. The maximum absolute atomic E-state index is 12.8. The zero-order valence-corrected chi connectivity index (χ0v) is 17.8. The summed E-state index contributed by atoms with van der Waals surface area (Å²) in [5, 5.41) is 13.7. The molecule has 0 unspecified atom stereocenters. The van der Waals surface area contributed by atoms with E-state index in [4.69, 9.17) is 4.74 Å². The third-order valence-corrected chi connectivity index (χ3v) is 4.50. The molecule has 2 rings (SSSR count). The van der Waals surface area contributed by atoms with Crippen molar-refractivity contribution in [2.75, 3.05) is 7.05 Å². The minimum Gasteiger partial charge on any atom is -0.444 e. The number of amides is 2. The van der Waals surface area contributed by atoms with E-state index >= 15 is 0 Å². The molecule has 0 bridgehead atoms. The lowest BCUT2D eigenvalue weighted by molar-refractivity contribution is -0.384. The number of carbonyl (C=O) groups is 2. The number of nitrogens with zero attached hydrogens (tertiary/aromatic N) is 2. The molecule has 0 saturated heterocycles. The van der Waals surface area contributed by atoms with Gasteiger partial charge in [-0.05, 0) is 51.0 Å². The first kappa shape index (κ1) is 22.9. The van der Waals surface area contributed by atoms with Gasteiger partial charge in [-0.3, -0.25) is 14.9 Å². The van der Waals surface area contributed by atoms with E-state index in [1.54, 1.807) is 64.2 Å². The summed E-state index contributed by atoms with van der Waals surface area (Å²) in [6.45, 7) is 7.47. The van der Waals surface area contributed by atoms with E-state index in [1.807, 2.05) is 6.92 Å².